The van der Waals surface area contributed by atoms with Gasteiger partial charge in [0.05, 0.1) is 11.7 Å². The van der Waals surface area contributed by atoms with Crippen molar-refractivity contribution in [1.82, 2.24) is 20.2 Å². The summed E-state index contributed by atoms with van der Waals surface area (Å²) >= 11 is 0. The Kier molecular flexibility index (Phi) is 6.22. The van der Waals surface area contributed by atoms with Crippen molar-refractivity contribution in [1.29, 1.82) is 0 Å². The van der Waals surface area contributed by atoms with Gasteiger partial charge in [0.15, 0.2) is 0 Å². The van der Waals surface area contributed by atoms with Crippen molar-refractivity contribution < 1.29 is 4.79 Å². The van der Waals surface area contributed by atoms with Gasteiger partial charge in [-0.25, -0.2) is 0 Å². The Hall–Kier alpha value is -2.27. The molecular weight excluding hydrogens is 336 g/mol. The summed E-state index contributed by atoms with van der Waals surface area (Å²) < 4.78 is 0. The zero-order valence-corrected chi connectivity index (χ0v) is 16.6. The Morgan fingerprint density at radius 1 is 1.26 bits per heavy atom. The molecule has 2 aromatic heterocycles. The SMILES string of the molecule is CC(C)(C)C(=O)N[C@H](c1ccccn1)[C@@H]1CCCN(Cc2cccnc2)C1. The molecule has 0 saturated carbocycles. The Morgan fingerprint density at radius 3 is 2.78 bits per heavy atom. The van der Waals surface area contributed by atoms with E-state index < -0.39 is 5.41 Å². The van der Waals surface area contributed by atoms with Gasteiger partial charge in [-0.15, -0.1) is 0 Å². The molecule has 1 aliphatic rings. The van der Waals surface area contributed by atoms with Gasteiger partial charge < -0.3 is 5.32 Å². The standard InChI is InChI=1S/C22H30N4O/c1-22(2,3)21(27)25-20(19-10-4-5-12-24-19)18-9-7-13-26(16-18)15-17-8-6-11-23-14-17/h4-6,8,10-12,14,18,20H,7,9,13,15-16H2,1-3H3,(H,25,27)/t18-,20+/m1/s1. The van der Waals surface area contributed by atoms with E-state index in [1.165, 1.54) is 5.56 Å². The molecule has 3 rings (SSSR count). The molecule has 0 radical (unpaired) electrons. The molecule has 5 nitrogen and oxygen atoms in total. The number of carbonyl (C=O) groups is 1. The van der Waals surface area contributed by atoms with Crippen molar-refractivity contribution in [3.63, 3.8) is 0 Å². The molecule has 1 fully saturated rings. The predicted octanol–water partition coefficient (Wildman–Crippen LogP) is 3.59. The molecule has 1 N–H and O–H groups in total. The van der Waals surface area contributed by atoms with Gasteiger partial charge in [-0.2, -0.15) is 0 Å². The molecule has 144 valence electrons. The van der Waals surface area contributed by atoms with Crippen LogP contribution < -0.4 is 5.32 Å². The first kappa shape index (κ1) is 19.5. The largest absolute Gasteiger partial charge is 0.347 e. The molecule has 2 aromatic rings. The van der Waals surface area contributed by atoms with Gasteiger partial charge in [0.1, 0.15) is 0 Å². The summed E-state index contributed by atoms with van der Waals surface area (Å²) in [6.45, 7) is 8.77. The Morgan fingerprint density at radius 2 is 2.11 bits per heavy atom. The molecule has 0 spiro atoms. The van der Waals surface area contributed by atoms with E-state index in [2.05, 4.69) is 26.3 Å². The van der Waals surface area contributed by atoms with E-state index in [4.69, 9.17) is 0 Å². The summed E-state index contributed by atoms with van der Waals surface area (Å²) in [5.41, 5.74) is 1.76. The summed E-state index contributed by atoms with van der Waals surface area (Å²) in [5.74, 6) is 0.416. The number of aromatic nitrogens is 2. The van der Waals surface area contributed by atoms with E-state index in [1.54, 1.807) is 0 Å². The maximum absolute atomic E-state index is 12.7. The minimum atomic E-state index is -0.420. The highest BCUT2D eigenvalue weighted by Crippen LogP contribution is 2.30. The number of hydrogen-bond acceptors (Lipinski definition) is 4. The molecule has 1 saturated heterocycles. The molecule has 1 aliphatic heterocycles. The first-order valence-electron chi connectivity index (χ1n) is 9.76. The van der Waals surface area contributed by atoms with Crippen LogP contribution in [0.25, 0.3) is 0 Å². The fraction of sp³-hybridized carbons (Fsp3) is 0.500. The van der Waals surface area contributed by atoms with Crippen LogP contribution in [0.4, 0.5) is 0 Å². The third-order valence-corrected chi connectivity index (χ3v) is 5.12. The van der Waals surface area contributed by atoms with Crippen molar-refractivity contribution in [3.8, 4) is 0 Å². The van der Waals surface area contributed by atoms with Crippen molar-refractivity contribution in [2.75, 3.05) is 13.1 Å². The molecule has 5 heteroatoms. The minimum Gasteiger partial charge on any atom is -0.347 e. The quantitative estimate of drug-likeness (QED) is 0.878. The monoisotopic (exact) mass is 366 g/mol. The fourth-order valence-corrected chi connectivity index (χ4v) is 3.61. The van der Waals surface area contributed by atoms with Crippen LogP contribution in [0.5, 0.6) is 0 Å². The third-order valence-electron chi connectivity index (χ3n) is 5.12. The summed E-state index contributed by atoms with van der Waals surface area (Å²) in [6, 6.07) is 9.98. The number of amides is 1. The van der Waals surface area contributed by atoms with Gasteiger partial charge in [0.2, 0.25) is 5.91 Å². The lowest BCUT2D eigenvalue weighted by molar-refractivity contribution is -0.130. The third kappa shape index (κ3) is 5.36. The van der Waals surface area contributed by atoms with Crippen molar-refractivity contribution in [3.05, 3.63) is 60.2 Å². The van der Waals surface area contributed by atoms with E-state index in [0.29, 0.717) is 5.92 Å². The Bertz CT molecular complexity index is 727. The predicted molar refractivity (Wildman–Crippen MR) is 107 cm³/mol. The molecule has 27 heavy (non-hydrogen) atoms. The van der Waals surface area contributed by atoms with Gasteiger partial charge in [0, 0.05) is 37.1 Å². The second-order valence-electron chi connectivity index (χ2n) is 8.45. The highest BCUT2D eigenvalue weighted by atomic mass is 16.2. The second kappa shape index (κ2) is 8.61. The lowest BCUT2D eigenvalue weighted by atomic mass is 9.86. The molecule has 0 unspecified atom stereocenters. The molecular formula is C22H30N4O. The lowest BCUT2D eigenvalue weighted by Gasteiger charge is -2.38. The van der Waals surface area contributed by atoms with Gasteiger partial charge in [0.25, 0.3) is 0 Å². The van der Waals surface area contributed by atoms with Crippen LogP contribution >= 0.6 is 0 Å². The van der Waals surface area contributed by atoms with E-state index in [9.17, 15) is 4.79 Å². The first-order valence-corrected chi connectivity index (χ1v) is 9.76. The topological polar surface area (TPSA) is 58.1 Å². The average molecular weight is 367 g/mol. The number of rotatable bonds is 5. The number of nitrogens with one attached hydrogen (secondary N) is 1. The van der Waals surface area contributed by atoms with Crippen molar-refractivity contribution in [2.45, 2.75) is 46.2 Å². The second-order valence-corrected chi connectivity index (χ2v) is 8.45. The number of pyridine rings is 2. The number of likely N-dealkylation sites (tertiary alicyclic amines) is 1. The number of hydrogen-bond donors (Lipinski definition) is 1. The molecule has 0 bridgehead atoms. The van der Waals surface area contributed by atoms with Crippen LogP contribution in [0.2, 0.25) is 0 Å². The zero-order valence-electron chi connectivity index (χ0n) is 16.6. The highest BCUT2D eigenvalue weighted by molar-refractivity contribution is 5.81. The van der Waals surface area contributed by atoms with Gasteiger partial charge in [-0.05, 0) is 49.1 Å². The van der Waals surface area contributed by atoms with Crippen LogP contribution in [-0.2, 0) is 11.3 Å². The molecule has 3 heterocycles. The summed E-state index contributed by atoms with van der Waals surface area (Å²) in [7, 11) is 0. The molecule has 0 aromatic carbocycles. The highest BCUT2D eigenvalue weighted by Gasteiger charge is 2.33. The smallest absolute Gasteiger partial charge is 0.225 e. The van der Waals surface area contributed by atoms with Gasteiger partial charge >= 0.3 is 0 Å². The normalized spacial score (nSPS) is 19.4. The van der Waals surface area contributed by atoms with Crippen molar-refractivity contribution in [2.24, 2.45) is 11.3 Å². The lowest BCUT2D eigenvalue weighted by Crippen LogP contribution is -2.45. The first-order chi connectivity index (χ1) is 12.9. The Balaban J connectivity index is 1.76. The van der Waals surface area contributed by atoms with Gasteiger partial charge in [-0.3, -0.25) is 19.7 Å². The maximum Gasteiger partial charge on any atom is 0.225 e. The van der Waals surface area contributed by atoms with Crippen LogP contribution in [0, 0.1) is 11.3 Å². The summed E-state index contributed by atoms with van der Waals surface area (Å²) in [6.07, 6.45) is 7.76. The van der Waals surface area contributed by atoms with Crippen LogP contribution in [0.15, 0.2) is 48.9 Å². The van der Waals surface area contributed by atoms with Crippen LogP contribution in [-0.4, -0.2) is 33.9 Å². The van der Waals surface area contributed by atoms with E-state index >= 15 is 0 Å². The fourth-order valence-electron chi connectivity index (χ4n) is 3.61. The Labute approximate surface area is 162 Å². The summed E-state index contributed by atoms with van der Waals surface area (Å²) in [4.78, 5) is 23.9. The molecule has 1 amide bonds. The van der Waals surface area contributed by atoms with Gasteiger partial charge in [-0.1, -0.05) is 32.9 Å². The van der Waals surface area contributed by atoms with Crippen LogP contribution in [0.3, 0.4) is 0 Å². The number of piperidine rings is 1. The zero-order chi connectivity index (χ0) is 19.3. The van der Waals surface area contributed by atoms with E-state index in [-0.39, 0.29) is 11.9 Å². The van der Waals surface area contributed by atoms with E-state index in [1.807, 2.05) is 63.6 Å². The summed E-state index contributed by atoms with van der Waals surface area (Å²) in [5, 5.41) is 3.29. The van der Waals surface area contributed by atoms with Crippen molar-refractivity contribution >= 4 is 5.91 Å². The average Bonchev–Trinajstić information content (AvgIpc) is 2.67. The molecule has 0 aliphatic carbocycles. The maximum atomic E-state index is 12.7. The number of nitrogens with zero attached hydrogens (tertiary/aromatic N) is 3. The minimum absolute atomic E-state index is 0.0605. The van der Waals surface area contributed by atoms with E-state index in [0.717, 1.165) is 38.2 Å². The van der Waals surface area contributed by atoms with Crippen LogP contribution in [0.1, 0.15) is 50.9 Å². The number of carbonyl (C=O) groups excluding carboxylic acids is 1. The molecule has 2 atom stereocenters.